The molecule has 2 heterocycles. The van der Waals surface area contributed by atoms with Crippen molar-refractivity contribution < 1.29 is 41.0 Å². The molecule has 0 aromatic heterocycles. The van der Waals surface area contributed by atoms with Crippen molar-refractivity contribution in [2.75, 3.05) is 20.3 Å². The number of ether oxygens (including phenoxy) is 2. The second kappa shape index (κ2) is 10.3. The largest absolute Gasteiger partial charge is 0.462 e. The highest BCUT2D eigenvalue weighted by atomic mass is 19.2. The number of methoxy groups -OCH3 is 1. The Morgan fingerprint density at radius 1 is 1.00 bits per heavy atom. The predicted molar refractivity (Wildman–Crippen MR) is 118 cm³/mol. The fourth-order valence-electron chi connectivity index (χ4n) is 4.74. The van der Waals surface area contributed by atoms with Crippen molar-refractivity contribution in [2.45, 2.75) is 25.0 Å². The first-order chi connectivity index (χ1) is 17.2. The van der Waals surface area contributed by atoms with Crippen LogP contribution in [-0.2, 0) is 19.1 Å². The highest BCUT2D eigenvalue weighted by Gasteiger charge is 2.51. The maximum atomic E-state index is 14.9. The molecule has 0 spiro atoms. The van der Waals surface area contributed by atoms with Gasteiger partial charge in [-0.2, -0.15) is 0 Å². The lowest BCUT2D eigenvalue weighted by Crippen LogP contribution is -2.49. The van der Waals surface area contributed by atoms with Gasteiger partial charge in [-0.1, -0.05) is 30.3 Å². The van der Waals surface area contributed by atoms with E-state index in [-0.39, 0.29) is 18.9 Å². The first-order valence-corrected chi connectivity index (χ1v) is 11.0. The van der Waals surface area contributed by atoms with Crippen molar-refractivity contribution in [3.05, 3.63) is 70.5 Å². The molecule has 5 atom stereocenters. The first-order valence-electron chi connectivity index (χ1n) is 11.0. The van der Waals surface area contributed by atoms with Gasteiger partial charge in [0.15, 0.2) is 29.1 Å². The number of hydrogen-bond acceptors (Lipinski definition) is 6. The summed E-state index contributed by atoms with van der Waals surface area (Å²) < 4.78 is 82.7. The summed E-state index contributed by atoms with van der Waals surface area (Å²) >= 11 is 0. The summed E-state index contributed by atoms with van der Waals surface area (Å²) in [5.74, 6) is -17.3. The van der Waals surface area contributed by atoms with Gasteiger partial charge in [0.1, 0.15) is 18.6 Å². The molecular formula is C25H21F5N2O4. The molecule has 0 N–H and O–H groups in total. The van der Waals surface area contributed by atoms with E-state index in [4.69, 9.17) is 9.47 Å². The number of nitrogens with zero attached hydrogens (tertiary/aromatic N) is 2. The molecule has 2 aromatic carbocycles. The molecule has 11 heteroatoms. The smallest absolute Gasteiger partial charge is 0.315 e. The molecule has 190 valence electrons. The van der Waals surface area contributed by atoms with Crippen molar-refractivity contribution in [3.8, 4) is 0 Å². The van der Waals surface area contributed by atoms with Crippen LogP contribution in [0.2, 0.25) is 0 Å². The number of carbonyl (C=O) groups excluding carboxylic acids is 2. The highest BCUT2D eigenvalue weighted by Crippen LogP contribution is 2.44. The Labute approximate surface area is 202 Å². The lowest BCUT2D eigenvalue weighted by molar-refractivity contribution is -0.151. The lowest BCUT2D eigenvalue weighted by atomic mass is 9.67. The number of benzene rings is 2. The fraction of sp³-hybridized carbons (Fsp3) is 0.360. The Morgan fingerprint density at radius 2 is 1.61 bits per heavy atom. The van der Waals surface area contributed by atoms with Gasteiger partial charge in [-0.3, -0.25) is 19.6 Å². The molecule has 0 aliphatic carbocycles. The number of aliphatic imine (C=N–C) groups is 2. The Morgan fingerprint density at radius 3 is 2.22 bits per heavy atom. The number of halogens is 5. The lowest BCUT2D eigenvalue weighted by Gasteiger charge is -2.39. The van der Waals surface area contributed by atoms with E-state index in [0.717, 1.165) is 0 Å². The topological polar surface area (TPSA) is 77.3 Å². The minimum absolute atomic E-state index is 0.00465. The van der Waals surface area contributed by atoms with E-state index in [9.17, 15) is 31.5 Å². The number of fused-ring (bicyclic) bond motifs is 1. The van der Waals surface area contributed by atoms with Crippen LogP contribution in [0.3, 0.4) is 0 Å². The van der Waals surface area contributed by atoms with E-state index in [2.05, 4.69) is 9.98 Å². The molecule has 0 radical (unpaired) electrons. The quantitative estimate of drug-likeness (QED) is 0.255. The first kappa shape index (κ1) is 25.6. The second-order valence-electron chi connectivity index (χ2n) is 8.50. The maximum absolute atomic E-state index is 14.9. The van der Waals surface area contributed by atoms with E-state index in [1.54, 1.807) is 30.3 Å². The molecule has 2 aromatic rings. The molecule has 0 saturated carbocycles. The van der Waals surface area contributed by atoms with Gasteiger partial charge in [0.25, 0.3) is 0 Å². The second-order valence-corrected chi connectivity index (χ2v) is 8.50. The Kier molecular flexibility index (Phi) is 7.30. The molecule has 6 nitrogen and oxygen atoms in total. The minimum atomic E-state index is -2.34. The number of Topliss-reactive ketones (excluding diaryl/α,β-unsaturated/α-hetero) is 1. The van der Waals surface area contributed by atoms with E-state index in [0.29, 0.717) is 5.56 Å². The summed E-state index contributed by atoms with van der Waals surface area (Å²) in [6, 6.07) is 7.70. The third-order valence-corrected chi connectivity index (χ3v) is 6.46. The monoisotopic (exact) mass is 508 g/mol. The van der Waals surface area contributed by atoms with E-state index < -0.39 is 76.3 Å². The highest BCUT2D eigenvalue weighted by molar-refractivity contribution is 6.06. The average Bonchev–Trinajstić information content (AvgIpc) is 2.87. The van der Waals surface area contributed by atoms with Crippen molar-refractivity contribution in [1.82, 2.24) is 0 Å². The van der Waals surface area contributed by atoms with Gasteiger partial charge in [0.05, 0.1) is 18.5 Å². The molecule has 4 rings (SSSR count). The molecule has 0 fully saturated rings. The maximum Gasteiger partial charge on any atom is 0.315 e. The molecule has 36 heavy (non-hydrogen) atoms. The molecule has 2 aliphatic heterocycles. The van der Waals surface area contributed by atoms with Gasteiger partial charge < -0.3 is 9.47 Å². The summed E-state index contributed by atoms with van der Waals surface area (Å²) in [4.78, 5) is 34.2. The van der Waals surface area contributed by atoms with Crippen LogP contribution in [0, 0.1) is 40.9 Å². The van der Waals surface area contributed by atoms with Crippen LogP contribution in [0.4, 0.5) is 22.0 Å². The van der Waals surface area contributed by atoms with Crippen LogP contribution < -0.4 is 0 Å². The van der Waals surface area contributed by atoms with Crippen LogP contribution in [0.15, 0.2) is 40.3 Å². The normalized spacial score (nSPS) is 24.2. The minimum Gasteiger partial charge on any atom is -0.462 e. The number of rotatable bonds is 6. The average molecular weight is 508 g/mol. The summed E-state index contributed by atoms with van der Waals surface area (Å²) in [5.41, 5.74) is -0.575. The number of hydrogen-bond donors (Lipinski definition) is 0. The number of ketones is 1. The Balaban J connectivity index is 1.77. The van der Waals surface area contributed by atoms with Gasteiger partial charge >= 0.3 is 5.97 Å². The van der Waals surface area contributed by atoms with Crippen LogP contribution in [0.1, 0.15) is 30.1 Å². The van der Waals surface area contributed by atoms with Gasteiger partial charge in [0.2, 0.25) is 5.82 Å². The standard InChI is InChI=1S/C25H21F5N2O4/c1-11-16(25(34)36-10-15(35-2)12-6-4-3-5-7-12)18(17-13(32-11)8-31-9-14(17)33)19-20(26)22(28)24(30)23(29)21(19)27/h3-8,13,15-18H,9-10H2,1-2H3/t13?,15-,16?,17?,18+/m1/s1. The number of esters is 1. The summed E-state index contributed by atoms with van der Waals surface area (Å²) in [7, 11) is 1.39. The Bertz CT molecular complexity index is 1220. The van der Waals surface area contributed by atoms with E-state index >= 15 is 0 Å². The van der Waals surface area contributed by atoms with Gasteiger partial charge in [-0.05, 0) is 12.5 Å². The third kappa shape index (κ3) is 4.43. The molecule has 0 saturated heterocycles. The fourth-order valence-corrected chi connectivity index (χ4v) is 4.74. The number of carbonyl (C=O) groups is 2. The van der Waals surface area contributed by atoms with Crippen molar-refractivity contribution in [1.29, 1.82) is 0 Å². The van der Waals surface area contributed by atoms with Crippen molar-refractivity contribution in [2.24, 2.45) is 21.8 Å². The van der Waals surface area contributed by atoms with Crippen molar-refractivity contribution >= 4 is 23.7 Å². The zero-order chi connectivity index (χ0) is 26.1. The molecule has 0 amide bonds. The molecular weight excluding hydrogens is 487 g/mol. The Hall–Kier alpha value is -3.47. The van der Waals surface area contributed by atoms with Gasteiger partial charge in [-0.15, -0.1) is 0 Å². The summed E-state index contributed by atoms with van der Waals surface area (Å²) in [6.45, 7) is 0.665. The van der Waals surface area contributed by atoms with E-state index in [1.165, 1.54) is 20.2 Å². The summed E-state index contributed by atoms with van der Waals surface area (Å²) in [6.07, 6.45) is 0.576. The van der Waals surface area contributed by atoms with Crippen molar-refractivity contribution in [3.63, 3.8) is 0 Å². The van der Waals surface area contributed by atoms with Crippen LogP contribution in [0.5, 0.6) is 0 Å². The van der Waals surface area contributed by atoms with Crippen LogP contribution >= 0.6 is 0 Å². The third-order valence-electron chi connectivity index (χ3n) is 6.46. The van der Waals surface area contributed by atoms with Gasteiger partial charge in [-0.25, -0.2) is 22.0 Å². The predicted octanol–water partition coefficient (Wildman–Crippen LogP) is 4.13. The zero-order valence-electron chi connectivity index (χ0n) is 19.2. The van der Waals surface area contributed by atoms with E-state index in [1.807, 2.05) is 0 Å². The van der Waals surface area contributed by atoms with Gasteiger partial charge in [0, 0.05) is 30.5 Å². The van der Waals surface area contributed by atoms with Crippen LogP contribution in [-0.4, -0.2) is 50.0 Å². The SMILES string of the molecule is CO[C@H](COC(=O)C1C(C)=NC2C=NCC(=O)C2[C@H]1c1c(F)c(F)c(F)c(F)c1F)c1ccccc1. The molecule has 0 bridgehead atoms. The zero-order valence-corrected chi connectivity index (χ0v) is 19.2. The molecule has 2 aliphatic rings. The summed E-state index contributed by atoms with van der Waals surface area (Å²) in [5, 5.41) is 0. The van der Waals surface area contributed by atoms with Crippen LogP contribution in [0.25, 0.3) is 0 Å². The molecule has 3 unspecified atom stereocenters.